The zero-order valence-electron chi connectivity index (χ0n) is 10.5. The summed E-state index contributed by atoms with van der Waals surface area (Å²) >= 11 is 0. The first kappa shape index (κ1) is 12.4. The predicted octanol–water partition coefficient (Wildman–Crippen LogP) is 0.744. The molecule has 0 atom stereocenters. The fourth-order valence-electron chi connectivity index (χ4n) is 1.69. The van der Waals surface area contributed by atoms with E-state index in [9.17, 15) is 4.79 Å². The van der Waals surface area contributed by atoms with Gasteiger partial charge >= 0.3 is 0 Å². The van der Waals surface area contributed by atoms with Crippen LogP contribution in [0.5, 0.6) is 0 Å². The number of hydrogen-bond donors (Lipinski definition) is 1. The molecule has 2 rings (SSSR count). The molecule has 6 heteroatoms. The van der Waals surface area contributed by atoms with Crippen LogP contribution in [-0.4, -0.2) is 27.6 Å². The van der Waals surface area contributed by atoms with E-state index in [4.69, 9.17) is 10.2 Å². The van der Waals surface area contributed by atoms with E-state index in [0.717, 1.165) is 5.56 Å². The highest BCUT2D eigenvalue weighted by Gasteiger charge is 2.16. The Morgan fingerprint density at radius 3 is 2.89 bits per heavy atom. The second-order valence-electron chi connectivity index (χ2n) is 4.15. The van der Waals surface area contributed by atoms with Crippen molar-refractivity contribution in [3.8, 4) is 0 Å². The smallest absolute Gasteiger partial charge is 0.289 e. The van der Waals surface area contributed by atoms with Crippen LogP contribution in [0.2, 0.25) is 0 Å². The van der Waals surface area contributed by atoms with E-state index in [1.165, 1.54) is 0 Å². The monoisotopic (exact) mass is 248 g/mol. The lowest BCUT2D eigenvalue weighted by atomic mass is 10.3. The third kappa shape index (κ3) is 2.60. The molecule has 2 heterocycles. The first-order valence-corrected chi connectivity index (χ1v) is 5.62. The molecule has 0 aliphatic heterocycles. The molecule has 0 saturated carbocycles. The van der Waals surface area contributed by atoms with Gasteiger partial charge in [-0.1, -0.05) is 0 Å². The lowest BCUT2D eigenvalue weighted by molar-refractivity contribution is 0.0751. The molecule has 2 N–H and O–H groups in total. The van der Waals surface area contributed by atoms with Gasteiger partial charge in [0.2, 0.25) is 0 Å². The summed E-state index contributed by atoms with van der Waals surface area (Å²) in [6, 6.07) is 3.36. The maximum Gasteiger partial charge on any atom is 0.289 e. The normalized spacial score (nSPS) is 10.6. The number of rotatable bonds is 4. The van der Waals surface area contributed by atoms with Gasteiger partial charge in [0.1, 0.15) is 5.76 Å². The summed E-state index contributed by atoms with van der Waals surface area (Å²) in [5.41, 5.74) is 6.41. The number of furan rings is 1. The van der Waals surface area contributed by atoms with Gasteiger partial charge < -0.3 is 15.1 Å². The molecule has 0 bridgehead atoms. The van der Waals surface area contributed by atoms with E-state index in [-0.39, 0.29) is 5.91 Å². The fourth-order valence-corrected chi connectivity index (χ4v) is 1.69. The molecule has 1 amide bonds. The summed E-state index contributed by atoms with van der Waals surface area (Å²) in [4.78, 5) is 13.6. The van der Waals surface area contributed by atoms with Crippen LogP contribution in [0.25, 0.3) is 0 Å². The summed E-state index contributed by atoms with van der Waals surface area (Å²) in [5, 5.41) is 4.06. The Labute approximate surface area is 105 Å². The standard InChI is InChI=1S/C12H16N4O2/c1-15(7-9-6-14-16(2)8-9)12(17)11-4-3-10(5-13)18-11/h3-4,6,8H,5,7,13H2,1-2H3. The van der Waals surface area contributed by atoms with Crippen LogP contribution < -0.4 is 5.73 Å². The fraction of sp³-hybridized carbons (Fsp3) is 0.333. The SMILES string of the molecule is CN(Cc1cnn(C)c1)C(=O)c1ccc(CN)o1. The van der Waals surface area contributed by atoms with Crippen molar-refractivity contribution in [3.05, 3.63) is 41.6 Å². The zero-order chi connectivity index (χ0) is 13.1. The van der Waals surface area contributed by atoms with Crippen LogP contribution in [0.15, 0.2) is 28.9 Å². The topological polar surface area (TPSA) is 77.3 Å². The molecule has 2 aromatic rings. The molecule has 0 aromatic carbocycles. The van der Waals surface area contributed by atoms with Crippen molar-refractivity contribution in [2.75, 3.05) is 7.05 Å². The molecule has 96 valence electrons. The Morgan fingerprint density at radius 2 is 2.33 bits per heavy atom. The van der Waals surface area contributed by atoms with Crippen molar-refractivity contribution in [3.63, 3.8) is 0 Å². The van der Waals surface area contributed by atoms with Gasteiger partial charge in [0.25, 0.3) is 5.91 Å². The molecule has 6 nitrogen and oxygen atoms in total. The first-order chi connectivity index (χ1) is 8.60. The van der Waals surface area contributed by atoms with E-state index in [1.807, 2.05) is 13.2 Å². The second-order valence-corrected chi connectivity index (χ2v) is 4.15. The number of carbonyl (C=O) groups is 1. The van der Waals surface area contributed by atoms with Crippen LogP contribution in [-0.2, 0) is 20.1 Å². The van der Waals surface area contributed by atoms with Gasteiger partial charge in [-0.25, -0.2) is 0 Å². The minimum absolute atomic E-state index is 0.168. The summed E-state index contributed by atoms with van der Waals surface area (Å²) in [5.74, 6) is 0.744. The van der Waals surface area contributed by atoms with Crippen molar-refractivity contribution in [1.29, 1.82) is 0 Å². The maximum atomic E-state index is 12.0. The van der Waals surface area contributed by atoms with E-state index >= 15 is 0 Å². The van der Waals surface area contributed by atoms with E-state index in [0.29, 0.717) is 24.6 Å². The molecule has 0 aliphatic carbocycles. The molecule has 2 aromatic heterocycles. The van der Waals surface area contributed by atoms with E-state index < -0.39 is 0 Å². The largest absolute Gasteiger partial charge is 0.455 e. The minimum atomic E-state index is -0.168. The highest BCUT2D eigenvalue weighted by molar-refractivity contribution is 5.91. The Balaban J connectivity index is 2.04. The molecule has 0 fully saturated rings. The highest BCUT2D eigenvalue weighted by atomic mass is 16.4. The lowest BCUT2D eigenvalue weighted by Crippen LogP contribution is -2.25. The summed E-state index contributed by atoms with van der Waals surface area (Å²) in [6.07, 6.45) is 3.61. The number of hydrogen-bond acceptors (Lipinski definition) is 4. The molecule has 0 saturated heterocycles. The van der Waals surface area contributed by atoms with Crippen LogP contribution in [0.1, 0.15) is 21.9 Å². The Kier molecular flexibility index (Phi) is 3.47. The number of nitrogens with two attached hydrogens (primary N) is 1. The minimum Gasteiger partial charge on any atom is -0.455 e. The third-order valence-corrected chi connectivity index (χ3v) is 2.60. The lowest BCUT2D eigenvalue weighted by Gasteiger charge is -2.14. The van der Waals surface area contributed by atoms with Gasteiger partial charge in [-0.3, -0.25) is 9.48 Å². The predicted molar refractivity (Wildman–Crippen MR) is 65.6 cm³/mol. The number of aromatic nitrogens is 2. The van der Waals surface area contributed by atoms with Gasteiger partial charge in [0.05, 0.1) is 12.7 Å². The summed E-state index contributed by atoms with van der Waals surface area (Å²) in [7, 11) is 3.56. The Bertz CT molecular complexity index is 544. The molecule has 0 spiro atoms. The van der Waals surface area contributed by atoms with Gasteiger partial charge in [-0.2, -0.15) is 5.10 Å². The average molecular weight is 248 g/mol. The van der Waals surface area contributed by atoms with E-state index in [2.05, 4.69) is 5.10 Å². The van der Waals surface area contributed by atoms with Crippen molar-refractivity contribution in [1.82, 2.24) is 14.7 Å². The highest BCUT2D eigenvalue weighted by Crippen LogP contribution is 2.11. The summed E-state index contributed by atoms with van der Waals surface area (Å²) < 4.78 is 7.02. The van der Waals surface area contributed by atoms with Gasteiger partial charge in [-0.15, -0.1) is 0 Å². The van der Waals surface area contributed by atoms with Crippen molar-refractivity contribution in [2.45, 2.75) is 13.1 Å². The molecular weight excluding hydrogens is 232 g/mol. The second kappa shape index (κ2) is 5.05. The maximum absolute atomic E-state index is 12.0. The van der Waals surface area contributed by atoms with Gasteiger partial charge in [0.15, 0.2) is 5.76 Å². The van der Waals surface area contributed by atoms with Crippen LogP contribution in [0.3, 0.4) is 0 Å². The number of amides is 1. The molecule has 0 radical (unpaired) electrons. The Morgan fingerprint density at radius 1 is 1.56 bits per heavy atom. The van der Waals surface area contributed by atoms with Crippen molar-refractivity contribution in [2.24, 2.45) is 12.8 Å². The number of aryl methyl sites for hydroxylation is 1. The van der Waals surface area contributed by atoms with Crippen LogP contribution in [0.4, 0.5) is 0 Å². The third-order valence-electron chi connectivity index (χ3n) is 2.60. The van der Waals surface area contributed by atoms with Gasteiger partial charge in [0, 0.05) is 32.4 Å². The number of nitrogens with zero attached hydrogens (tertiary/aromatic N) is 3. The quantitative estimate of drug-likeness (QED) is 0.865. The Hall–Kier alpha value is -2.08. The van der Waals surface area contributed by atoms with Crippen molar-refractivity contribution >= 4 is 5.91 Å². The molecule has 0 aliphatic rings. The van der Waals surface area contributed by atoms with E-state index in [1.54, 1.807) is 35.0 Å². The number of carbonyl (C=O) groups excluding carboxylic acids is 1. The van der Waals surface area contributed by atoms with Crippen molar-refractivity contribution < 1.29 is 9.21 Å². The van der Waals surface area contributed by atoms with Crippen LogP contribution >= 0.6 is 0 Å². The molecular formula is C12H16N4O2. The zero-order valence-corrected chi connectivity index (χ0v) is 10.5. The van der Waals surface area contributed by atoms with Gasteiger partial charge in [-0.05, 0) is 12.1 Å². The first-order valence-electron chi connectivity index (χ1n) is 5.62. The van der Waals surface area contributed by atoms with Crippen LogP contribution in [0, 0.1) is 0 Å². The molecule has 0 unspecified atom stereocenters. The average Bonchev–Trinajstić information content (AvgIpc) is 2.97. The molecule has 18 heavy (non-hydrogen) atoms. The summed E-state index contributed by atoms with van der Waals surface area (Å²) in [6.45, 7) is 0.783.